The first-order valence-electron chi connectivity index (χ1n) is 19.5. The van der Waals surface area contributed by atoms with Crippen molar-refractivity contribution in [3.8, 4) is 0 Å². The highest BCUT2D eigenvalue weighted by Crippen LogP contribution is 2.17. The number of guanidine groups is 1. The standard InChI is InChI=1S/C35H57N13O15/c1-16(29(58)43-18(15-49)5-3-9-40-35(38)39)42-31(60)20(11-26(54)55)46-34(63)28(17(2)50)47-32(61)21(12-27(56)57)45-30(59)19(7-8-23(37)51)44-24(52)14-41-33(62)22-6-4-10-48(22)25(53)13-36/h15-22,28,50H,3-14,36H2,1-2H3,(H2,37,51)(H,41,62)(H,42,60)(H,43,58)(H,44,52)(H,45,59)(H,46,63)(H,47,61)(H,54,55)(H,56,57)(H4,38,39,40)/t16-,17+,18-,19-,20-,21-,22-,28-/m0/s1. The van der Waals surface area contributed by atoms with Crippen LogP contribution < -0.4 is 60.2 Å². The van der Waals surface area contributed by atoms with Crippen LogP contribution >= 0.6 is 0 Å². The molecule has 1 saturated heterocycles. The van der Waals surface area contributed by atoms with Crippen LogP contribution in [0.15, 0.2) is 4.99 Å². The second-order valence-electron chi connectivity index (χ2n) is 14.3. The van der Waals surface area contributed by atoms with E-state index in [9.17, 15) is 72.9 Å². The Morgan fingerprint density at radius 2 is 1.33 bits per heavy atom. The third-order valence-corrected chi connectivity index (χ3v) is 9.10. The fourth-order valence-corrected chi connectivity index (χ4v) is 5.88. The molecular formula is C35H57N13O15. The van der Waals surface area contributed by atoms with Gasteiger partial charge in [0.05, 0.1) is 38.1 Å². The summed E-state index contributed by atoms with van der Waals surface area (Å²) in [7, 11) is 0. The normalized spacial score (nSPS) is 16.4. The molecule has 18 N–H and O–H groups in total. The molecule has 1 fully saturated rings. The van der Waals surface area contributed by atoms with Gasteiger partial charge in [-0.15, -0.1) is 0 Å². The Balaban J connectivity index is 3.11. The maximum absolute atomic E-state index is 13.4. The van der Waals surface area contributed by atoms with Gasteiger partial charge in [-0.05, 0) is 46.0 Å². The molecule has 1 aliphatic heterocycles. The molecule has 8 atom stereocenters. The number of carbonyl (C=O) groups excluding carboxylic acids is 10. The number of aldehydes is 1. The highest BCUT2D eigenvalue weighted by Gasteiger charge is 2.36. The number of rotatable bonds is 28. The van der Waals surface area contributed by atoms with E-state index in [1.807, 2.05) is 10.6 Å². The van der Waals surface area contributed by atoms with Gasteiger partial charge in [-0.1, -0.05) is 0 Å². The molecular weight excluding hydrogens is 842 g/mol. The molecule has 9 amide bonds. The molecule has 28 nitrogen and oxygen atoms in total. The summed E-state index contributed by atoms with van der Waals surface area (Å²) in [6.45, 7) is 1.53. The SMILES string of the molecule is C[C@H](NC(=O)[C@H](CC(=O)O)NC(=O)[C@@H](NC(=O)[C@H](CC(=O)O)NC(=O)[C@H](CCC(N)=O)NC(=O)CNC(=O)[C@@H]1CCCN1C(=O)CN)[C@@H](C)O)C(=O)N[C@H](C=O)CCCN=C(N)N. The largest absolute Gasteiger partial charge is 0.481 e. The molecule has 0 aromatic carbocycles. The molecule has 0 saturated carbocycles. The number of aliphatic hydroxyl groups is 1. The highest BCUT2D eigenvalue weighted by atomic mass is 16.4. The van der Waals surface area contributed by atoms with Crippen molar-refractivity contribution < 1.29 is 72.9 Å². The molecule has 0 aromatic rings. The van der Waals surface area contributed by atoms with Crippen LogP contribution in [-0.2, 0) is 57.5 Å². The van der Waals surface area contributed by atoms with E-state index in [-0.39, 0.29) is 32.0 Å². The van der Waals surface area contributed by atoms with Crippen molar-refractivity contribution in [1.29, 1.82) is 0 Å². The third-order valence-electron chi connectivity index (χ3n) is 9.10. The molecule has 0 aromatic heterocycles. The van der Waals surface area contributed by atoms with Crippen molar-refractivity contribution in [2.24, 2.45) is 27.9 Å². The van der Waals surface area contributed by atoms with Gasteiger partial charge < -0.3 is 85.2 Å². The summed E-state index contributed by atoms with van der Waals surface area (Å²) >= 11 is 0. The predicted octanol–water partition coefficient (Wildman–Crippen LogP) is -8.17. The molecule has 0 radical (unpaired) electrons. The van der Waals surface area contributed by atoms with Crippen LogP contribution in [0.2, 0.25) is 0 Å². The molecule has 0 aliphatic carbocycles. The lowest BCUT2D eigenvalue weighted by Gasteiger charge is -2.27. The Morgan fingerprint density at radius 1 is 0.762 bits per heavy atom. The summed E-state index contributed by atoms with van der Waals surface area (Å²) in [5.41, 5.74) is 21.1. The maximum Gasteiger partial charge on any atom is 0.305 e. The number of aliphatic carboxylic acids is 2. The number of amides is 9. The number of carboxylic acids is 2. The Labute approximate surface area is 359 Å². The molecule has 1 heterocycles. The zero-order valence-corrected chi connectivity index (χ0v) is 34.6. The number of carboxylic acid groups (broad SMARTS) is 2. The average Bonchev–Trinajstić information content (AvgIpc) is 3.70. The lowest BCUT2D eigenvalue weighted by atomic mass is 10.1. The monoisotopic (exact) mass is 899 g/mol. The molecule has 1 rings (SSSR count). The van der Waals surface area contributed by atoms with Crippen molar-refractivity contribution in [2.75, 3.05) is 26.2 Å². The number of nitrogens with one attached hydrogen (secondary N) is 7. The van der Waals surface area contributed by atoms with Crippen molar-refractivity contribution in [1.82, 2.24) is 42.1 Å². The average molecular weight is 900 g/mol. The number of nitrogens with two attached hydrogens (primary N) is 4. The van der Waals surface area contributed by atoms with E-state index in [2.05, 4.69) is 31.6 Å². The summed E-state index contributed by atoms with van der Waals surface area (Å²) in [5.74, 6) is -12.6. The first kappa shape index (κ1) is 54.0. The van der Waals surface area contributed by atoms with Gasteiger partial charge in [-0.25, -0.2) is 0 Å². The van der Waals surface area contributed by atoms with Crippen LogP contribution in [0.4, 0.5) is 0 Å². The number of hydrogen-bond acceptors (Lipinski definition) is 15. The van der Waals surface area contributed by atoms with Crippen molar-refractivity contribution in [2.45, 2.75) is 114 Å². The van der Waals surface area contributed by atoms with E-state index in [0.717, 1.165) is 6.92 Å². The van der Waals surface area contributed by atoms with E-state index in [0.29, 0.717) is 25.5 Å². The lowest BCUT2D eigenvalue weighted by Crippen LogP contribution is -2.61. The van der Waals surface area contributed by atoms with Gasteiger partial charge in [0.1, 0.15) is 42.5 Å². The van der Waals surface area contributed by atoms with Gasteiger partial charge >= 0.3 is 11.9 Å². The van der Waals surface area contributed by atoms with Gasteiger partial charge in [0.15, 0.2) is 5.96 Å². The summed E-state index contributed by atoms with van der Waals surface area (Å²) < 4.78 is 0. The molecule has 0 unspecified atom stereocenters. The van der Waals surface area contributed by atoms with Crippen LogP contribution in [0.25, 0.3) is 0 Å². The number of aliphatic imine (C=N–C) groups is 1. The van der Waals surface area contributed by atoms with Crippen LogP contribution in [0, 0.1) is 0 Å². The lowest BCUT2D eigenvalue weighted by molar-refractivity contribution is -0.142. The Hall–Kier alpha value is -6.97. The number of carbonyl (C=O) groups is 12. The number of aliphatic hydroxyl groups excluding tert-OH is 1. The zero-order chi connectivity index (χ0) is 48.0. The van der Waals surface area contributed by atoms with Crippen molar-refractivity contribution in [3.63, 3.8) is 0 Å². The summed E-state index contributed by atoms with van der Waals surface area (Å²) in [6.07, 6.45) is -3.40. The molecule has 0 spiro atoms. The number of likely N-dealkylation sites (tertiary alicyclic amines) is 1. The van der Waals surface area contributed by atoms with E-state index in [1.165, 1.54) is 11.8 Å². The smallest absolute Gasteiger partial charge is 0.305 e. The molecule has 1 aliphatic rings. The molecule has 352 valence electrons. The van der Waals surface area contributed by atoms with E-state index in [4.69, 9.17) is 22.9 Å². The van der Waals surface area contributed by atoms with E-state index in [1.54, 1.807) is 0 Å². The minimum atomic E-state index is -2.04. The van der Waals surface area contributed by atoms with Gasteiger partial charge in [-0.2, -0.15) is 0 Å². The molecule has 63 heavy (non-hydrogen) atoms. The fraction of sp³-hybridized carbons (Fsp3) is 0.629. The van der Waals surface area contributed by atoms with E-state index >= 15 is 0 Å². The van der Waals surface area contributed by atoms with Crippen LogP contribution in [0.3, 0.4) is 0 Å². The van der Waals surface area contributed by atoms with Gasteiger partial charge in [0, 0.05) is 19.5 Å². The van der Waals surface area contributed by atoms with Crippen LogP contribution in [0.1, 0.15) is 65.2 Å². The first-order valence-corrected chi connectivity index (χ1v) is 19.5. The fourth-order valence-electron chi connectivity index (χ4n) is 5.88. The molecule has 0 bridgehead atoms. The minimum absolute atomic E-state index is 0.114. The summed E-state index contributed by atoms with van der Waals surface area (Å²) in [4.78, 5) is 155. The Morgan fingerprint density at radius 3 is 1.86 bits per heavy atom. The highest BCUT2D eigenvalue weighted by molar-refractivity contribution is 5.99. The topological polar surface area (TPSA) is 469 Å². The van der Waals surface area contributed by atoms with Gasteiger partial charge in [0.2, 0.25) is 53.2 Å². The minimum Gasteiger partial charge on any atom is -0.481 e. The number of primary amides is 1. The predicted molar refractivity (Wildman–Crippen MR) is 215 cm³/mol. The van der Waals surface area contributed by atoms with Gasteiger partial charge in [0.25, 0.3) is 0 Å². The second-order valence-corrected chi connectivity index (χ2v) is 14.3. The Kier molecular flexibility index (Phi) is 23.2. The van der Waals surface area contributed by atoms with E-state index < -0.39 is 146 Å². The van der Waals surface area contributed by atoms with Crippen LogP contribution in [-0.4, -0.2) is 172 Å². The summed E-state index contributed by atoms with van der Waals surface area (Å²) in [6, 6.07) is -11.0. The second kappa shape index (κ2) is 27.1. The Bertz CT molecular complexity index is 1740. The van der Waals surface area contributed by atoms with Crippen LogP contribution in [0.5, 0.6) is 0 Å². The molecule has 28 heteroatoms. The summed E-state index contributed by atoms with van der Waals surface area (Å²) in [5, 5.41) is 44.6. The first-order chi connectivity index (χ1) is 29.5. The van der Waals surface area contributed by atoms with Gasteiger partial charge in [-0.3, -0.25) is 57.7 Å². The number of nitrogens with zero attached hydrogens (tertiary/aromatic N) is 2. The zero-order valence-electron chi connectivity index (χ0n) is 34.6. The maximum atomic E-state index is 13.4. The quantitative estimate of drug-likeness (QED) is 0.0150. The van der Waals surface area contributed by atoms with Crippen molar-refractivity contribution in [3.05, 3.63) is 0 Å². The third kappa shape index (κ3) is 20.0. The number of hydrogen-bond donors (Lipinski definition) is 14. The van der Waals surface area contributed by atoms with Crippen molar-refractivity contribution >= 4 is 77.3 Å².